The Morgan fingerprint density at radius 1 is 1.29 bits per heavy atom. The molecule has 4 heteroatoms. The summed E-state index contributed by atoms with van der Waals surface area (Å²) in [5, 5.41) is 0.298. The van der Waals surface area contributed by atoms with Crippen LogP contribution in [0.15, 0.2) is 0 Å². The van der Waals surface area contributed by atoms with Crippen molar-refractivity contribution >= 4 is 30.9 Å². The van der Waals surface area contributed by atoms with E-state index in [2.05, 4.69) is 56.5 Å². The van der Waals surface area contributed by atoms with Crippen LogP contribution in [-0.2, 0) is 9.16 Å². The Bertz CT molecular complexity index is 201. The third kappa shape index (κ3) is 2.93. The monoisotopic (exact) mass is 328 g/mol. The van der Waals surface area contributed by atoms with Crippen LogP contribution in [0, 0.1) is 0 Å². The number of hydrogen-bond acceptors (Lipinski definition) is 2. The zero-order valence-electron chi connectivity index (χ0n) is 9.76. The molecule has 0 unspecified atom stereocenters. The van der Waals surface area contributed by atoms with Crippen molar-refractivity contribution in [1.82, 2.24) is 0 Å². The number of alkyl halides is 1. The molecule has 84 valence electrons. The summed E-state index contributed by atoms with van der Waals surface area (Å²) in [5.74, 6) is 0. The lowest BCUT2D eigenvalue weighted by Gasteiger charge is -2.38. The van der Waals surface area contributed by atoms with Gasteiger partial charge in [0.15, 0.2) is 8.32 Å². The molecule has 1 saturated heterocycles. The minimum absolute atomic E-state index is 0.298. The molecule has 1 heterocycles. The molecule has 0 spiro atoms. The molecule has 1 aliphatic heterocycles. The SMILES string of the molecule is CC(C)(C)[Si](C)(C)O[C@H]1COC[C@@H]1I. The van der Waals surface area contributed by atoms with Crippen molar-refractivity contribution in [2.45, 2.75) is 48.9 Å². The average molecular weight is 328 g/mol. The summed E-state index contributed by atoms with van der Waals surface area (Å²) in [4.78, 5) is 0. The fourth-order valence-corrected chi connectivity index (χ4v) is 3.40. The first-order valence-corrected chi connectivity index (χ1v) is 9.29. The first-order chi connectivity index (χ1) is 6.24. The molecule has 0 bridgehead atoms. The third-order valence-electron chi connectivity index (χ3n) is 3.21. The summed E-state index contributed by atoms with van der Waals surface area (Å²) in [7, 11) is -1.60. The fraction of sp³-hybridized carbons (Fsp3) is 1.00. The van der Waals surface area contributed by atoms with Gasteiger partial charge < -0.3 is 9.16 Å². The zero-order chi connectivity index (χ0) is 11.0. The van der Waals surface area contributed by atoms with Crippen molar-refractivity contribution in [1.29, 1.82) is 0 Å². The Balaban J connectivity index is 2.58. The van der Waals surface area contributed by atoms with Crippen LogP contribution in [0.25, 0.3) is 0 Å². The molecule has 1 rings (SSSR count). The third-order valence-corrected chi connectivity index (χ3v) is 8.88. The number of hydrogen-bond donors (Lipinski definition) is 0. The topological polar surface area (TPSA) is 18.5 Å². The second kappa shape index (κ2) is 4.39. The summed E-state index contributed by atoms with van der Waals surface area (Å²) in [6.45, 7) is 13.1. The van der Waals surface area contributed by atoms with Crippen molar-refractivity contribution in [2.24, 2.45) is 0 Å². The lowest BCUT2D eigenvalue weighted by Crippen LogP contribution is -2.45. The maximum atomic E-state index is 6.28. The summed E-state index contributed by atoms with van der Waals surface area (Å²) in [5.41, 5.74) is 0. The lowest BCUT2D eigenvalue weighted by molar-refractivity contribution is 0.132. The molecular weight excluding hydrogens is 307 g/mol. The molecule has 0 N–H and O–H groups in total. The van der Waals surface area contributed by atoms with Crippen LogP contribution in [-0.4, -0.2) is 31.6 Å². The standard InChI is InChI=1S/C10H21IO2Si/c1-10(2,3)14(4,5)13-9-7-12-6-8(9)11/h8-9H,6-7H2,1-5H3/t8-,9-/m0/s1. The Hall–Kier alpha value is 0.867. The van der Waals surface area contributed by atoms with Gasteiger partial charge in [0.1, 0.15) is 0 Å². The van der Waals surface area contributed by atoms with Gasteiger partial charge in [-0.05, 0) is 18.1 Å². The van der Waals surface area contributed by atoms with Crippen molar-refractivity contribution in [3.05, 3.63) is 0 Å². The predicted molar refractivity (Wildman–Crippen MR) is 70.7 cm³/mol. The van der Waals surface area contributed by atoms with Crippen LogP contribution in [0.5, 0.6) is 0 Å². The second-order valence-corrected chi connectivity index (χ2v) is 11.8. The molecule has 2 atom stereocenters. The van der Waals surface area contributed by atoms with Crippen LogP contribution in [0.2, 0.25) is 18.1 Å². The van der Waals surface area contributed by atoms with E-state index in [0.717, 1.165) is 13.2 Å². The smallest absolute Gasteiger partial charge is 0.192 e. The molecule has 0 saturated carbocycles. The predicted octanol–water partition coefficient (Wildman–Crippen LogP) is 3.21. The summed E-state index contributed by atoms with van der Waals surface area (Å²) < 4.78 is 12.2. The van der Waals surface area contributed by atoms with Crippen molar-refractivity contribution < 1.29 is 9.16 Å². The minimum Gasteiger partial charge on any atom is -0.410 e. The maximum Gasteiger partial charge on any atom is 0.192 e. The van der Waals surface area contributed by atoms with Gasteiger partial charge in [0.2, 0.25) is 0 Å². The Morgan fingerprint density at radius 3 is 2.21 bits per heavy atom. The van der Waals surface area contributed by atoms with E-state index < -0.39 is 8.32 Å². The van der Waals surface area contributed by atoms with Gasteiger partial charge in [-0.1, -0.05) is 43.4 Å². The van der Waals surface area contributed by atoms with E-state index in [1.807, 2.05) is 0 Å². The van der Waals surface area contributed by atoms with Crippen LogP contribution >= 0.6 is 22.6 Å². The molecule has 0 radical (unpaired) electrons. The molecule has 0 aromatic rings. The lowest BCUT2D eigenvalue weighted by atomic mass is 10.2. The second-order valence-electron chi connectivity index (χ2n) is 5.47. The highest BCUT2D eigenvalue weighted by atomic mass is 127. The van der Waals surface area contributed by atoms with E-state index in [-0.39, 0.29) is 0 Å². The number of halogens is 1. The van der Waals surface area contributed by atoms with Crippen molar-refractivity contribution in [2.75, 3.05) is 13.2 Å². The van der Waals surface area contributed by atoms with Gasteiger partial charge in [-0.3, -0.25) is 0 Å². The Labute approximate surface area is 102 Å². The highest BCUT2D eigenvalue weighted by Crippen LogP contribution is 2.38. The average Bonchev–Trinajstić information content (AvgIpc) is 2.33. The van der Waals surface area contributed by atoms with E-state index in [1.165, 1.54) is 0 Å². The molecular formula is C10H21IO2Si. The van der Waals surface area contributed by atoms with Crippen LogP contribution < -0.4 is 0 Å². The van der Waals surface area contributed by atoms with Gasteiger partial charge in [0.25, 0.3) is 0 Å². The quantitative estimate of drug-likeness (QED) is 0.440. The Kier molecular flexibility index (Phi) is 4.06. The molecule has 0 aliphatic carbocycles. The van der Waals surface area contributed by atoms with Crippen molar-refractivity contribution in [3.63, 3.8) is 0 Å². The van der Waals surface area contributed by atoms with E-state index in [9.17, 15) is 0 Å². The molecule has 14 heavy (non-hydrogen) atoms. The van der Waals surface area contributed by atoms with Gasteiger partial charge in [-0.2, -0.15) is 0 Å². The molecule has 2 nitrogen and oxygen atoms in total. The van der Waals surface area contributed by atoms with Crippen LogP contribution in [0.3, 0.4) is 0 Å². The maximum absolute atomic E-state index is 6.28. The summed E-state index contributed by atoms with van der Waals surface area (Å²) >= 11 is 2.43. The van der Waals surface area contributed by atoms with Gasteiger partial charge in [0, 0.05) is 0 Å². The summed E-state index contributed by atoms with van der Waals surface area (Å²) in [6.07, 6.45) is 0.316. The van der Waals surface area contributed by atoms with Gasteiger partial charge >= 0.3 is 0 Å². The number of ether oxygens (including phenoxy) is 1. The highest BCUT2D eigenvalue weighted by Gasteiger charge is 2.41. The van der Waals surface area contributed by atoms with Gasteiger partial charge in [-0.25, -0.2) is 0 Å². The minimum atomic E-state index is -1.60. The van der Waals surface area contributed by atoms with Gasteiger partial charge in [-0.15, -0.1) is 0 Å². The number of rotatable bonds is 2. The first kappa shape index (κ1) is 12.9. The van der Waals surface area contributed by atoms with Crippen molar-refractivity contribution in [3.8, 4) is 0 Å². The highest BCUT2D eigenvalue weighted by molar-refractivity contribution is 14.1. The molecule has 0 aromatic carbocycles. The zero-order valence-corrected chi connectivity index (χ0v) is 12.9. The molecule has 0 amide bonds. The van der Waals surface area contributed by atoms with E-state index in [4.69, 9.17) is 9.16 Å². The normalized spacial score (nSPS) is 29.6. The fourth-order valence-electron chi connectivity index (χ4n) is 1.17. The largest absolute Gasteiger partial charge is 0.410 e. The molecule has 1 fully saturated rings. The van der Waals surface area contributed by atoms with E-state index in [1.54, 1.807) is 0 Å². The molecule has 0 aromatic heterocycles. The summed E-state index contributed by atoms with van der Waals surface area (Å²) in [6, 6.07) is 0. The van der Waals surface area contributed by atoms with E-state index in [0.29, 0.717) is 15.1 Å². The van der Waals surface area contributed by atoms with Crippen LogP contribution in [0.4, 0.5) is 0 Å². The van der Waals surface area contributed by atoms with Crippen LogP contribution in [0.1, 0.15) is 20.8 Å². The Morgan fingerprint density at radius 2 is 1.86 bits per heavy atom. The first-order valence-electron chi connectivity index (χ1n) is 5.14. The molecule has 1 aliphatic rings. The van der Waals surface area contributed by atoms with Gasteiger partial charge in [0.05, 0.1) is 23.2 Å². The van der Waals surface area contributed by atoms with E-state index >= 15 is 0 Å².